The highest BCUT2D eigenvalue weighted by atomic mass is 32.2. The molecule has 2 rings (SSSR count). The largest absolute Gasteiger partial charge is 0.501 e. The van der Waals surface area contributed by atoms with Crippen LogP contribution in [0.2, 0.25) is 0 Å². The van der Waals surface area contributed by atoms with Gasteiger partial charge in [-0.2, -0.15) is 18.4 Å². The topological polar surface area (TPSA) is 110 Å². The van der Waals surface area contributed by atoms with E-state index in [-0.39, 0.29) is 22.6 Å². The van der Waals surface area contributed by atoms with Crippen molar-refractivity contribution in [2.45, 2.75) is 17.3 Å². The highest BCUT2D eigenvalue weighted by Crippen LogP contribution is 2.38. The van der Waals surface area contributed by atoms with Gasteiger partial charge in [0.05, 0.1) is 16.5 Å². The average molecular weight is 428 g/mol. The maximum Gasteiger partial charge on any atom is 0.501 e. The predicted octanol–water partition coefficient (Wildman–Crippen LogP) is 3.59. The lowest BCUT2D eigenvalue weighted by atomic mass is 10.1. The number of benzene rings is 2. The van der Waals surface area contributed by atoms with Crippen LogP contribution in [0.4, 0.5) is 17.6 Å². The number of hydrogen-bond acceptors (Lipinski definition) is 5. The number of nitriles is 1. The van der Waals surface area contributed by atoms with Crippen molar-refractivity contribution in [2.75, 3.05) is 0 Å². The van der Waals surface area contributed by atoms with E-state index >= 15 is 0 Å². The fraction of sp³-hybridized carbons (Fsp3) is 0.111. The van der Waals surface area contributed by atoms with E-state index in [2.05, 4.69) is 0 Å². The zero-order chi connectivity index (χ0) is 22.0. The van der Waals surface area contributed by atoms with Gasteiger partial charge >= 0.3 is 5.51 Å². The number of nitrogens with two attached hydrogens (primary N) is 1. The summed E-state index contributed by atoms with van der Waals surface area (Å²) in [6.07, 6.45) is 1.51. The first kappa shape index (κ1) is 21.9. The summed E-state index contributed by atoms with van der Waals surface area (Å²) >= 11 is 0. The Morgan fingerprint density at radius 2 is 1.90 bits per heavy atom. The lowest BCUT2D eigenvalue weighted by Crippen LogP contribution is -2.24. The summed E-state index contributed by atoms with van der Waals surface area (Å²) in [5.74, 6) is -2.07. The second-order valence-corrected chi connectivity index (χ2v) is 7.58. The van der Waals surface area contributed by atoms with Crippen LogP contribution in [0.3, 0.4) is 0 Å². The van der Waals surface area contributed by atoms with Crippen LogP contribution < -0.4 is 10.5 Å². The Kier molecular flexibility index (Phi) is 5.98. The van der Waals surface area contributed by atoms with E-state index in [1.54, 1.807) is 6.07 Å². The molecular weight excluding hydrogens is 416 g/mol. The molecule has 0 radical (unpaired) electrons. The van der Waals surface area contributed by atoms with Gasteiger partial charge in [-0.1, -0.05) is 0 Å². The normalized spacial score (nSPS) is 12.0. The highest BCUT2D eigenvalue weighted by Gasteiger charge is 2.48. The molecule has 0 fully saturated rings. The van der Waals surface area contributed by atoms with Crippen molar-refractivity contribution in [3.8, 4) is 17.6 Å². The number of carbonyl (C=O) groups excluding carboxylic acids is 1. The molecule has 0 aliphatic rings. The summed E-state index contributed by atoms with van der Waals surface area (Å²) in [5.41, 5.74) is -1.27. The molecule has 0 aliphatic carbocycles. The number of amides is 1. The monoisotopic (exact) mass is 428 g/mol. The van der Waals surface area contributed by atoms with Crippen molar-refractivity contribution >= 4 is 21.8 Å². The van der Waals surface area contributed by atoms with Crippen molar-refractivity contribution < 1.29 is 35.5 Å². The minimum Gasteiger partial charge on any atom is -0.457 e. The maximum absolute atomic E-state index is 13.6. The van der Waals surface area contributed by atoms with Gasteiger partial charge in [-0.25, -0.2) is 12.8 Å². The molecule has 0 bridgehead atoms. The molecule has 0 heterocycles. The Balaban J connectivity index is 2.66. The standard InChI is InChI=1S/C18H12F4N2O4S/c1-10-14(2-5-17(24)25)16(29(26,27)18(20,21)22)4-3-15(10)28-13-7-11(9-23)6-12(19)8-13/h2-8H,1H3,(H2,24,25)/b5-2+. The second-order valence-electron chi connectivity index (χ2n) is 5.67. The van der Waals surface area contributed by atoms with Crippen molar-refractivity contribution in [1.29, 1.82) is 5.26 Å². The molecule has 2 aromatic carbocycles. The summed E-state index contributed by atoms with van der Waals surface area (Å²) in [5, 5.41) is 8.88. The number of nitrogens with zero attached hydrogens (tertiary/aromatic N) is 1. The molecule has 2 N–H and O–H groups in total. The fourth-order valence-corrected chi connectivity index (χ4v) is 3.35. The molecule has 0 spiro atoms. The number of alkyl halides is 3. The van der Waals surface area contributed by atoms with Gasteiger partial charge in [0.15, 0.2) is 0 Å². The Labute approximate surface area is 162 Å². The van der Waals surface area contributed by atoms with E-state index in [0.717, 1.165) is 24.3 Å². The van der Waals surface area contributed by atoms with Crippen LogP contribution in [0.25, 0.3) is 6.08 Å². The SMILES string of the molecule is Cc1c(Oc2cc(F)cc(C#N)c2)ccc(S(=O)(=O)C(F)(F)F)c1/C=C/C(N)=O. The van der Waals surface area contributed by atoms with Crippen molar-refractivity contribution in [1.82, 2.24) is 0 Å². The van der Waals surface area contributed by atoms with Crippen LogP contribution in [-0.2, 0) is 14.6 Å². The number of ether oxygens (including phenoxy) is 1. The molecule has 6 nitrogen and oxygen atoms in total. The molecule has 11 heteroatoms. The number of hydrogen-bond donors (Lipinski definition) is 1. The smallest absolute Gasteiger partial charge is 0.457 e. The highest BCUT2D eigenvalue weighted by molar-refractivity contribution is 7.92. The average Bonchev–Trinajstić information content (AvgIpc) is 2.60. The van der Waals surface area contributed by atoms with Gasteiger partial charge in [0, 0.05) is 23.3 Å². The Hall–Kier alpha value is -3.39. The van der Waals surface area contributed by atoms with Crippen LogP contribution in [0.15, 0.2) is 41.3 Å². The van der Waals surface area contributed by atoms with Gasteiger partial charge in [0.2, 0.25) is 5.91 Å². The predicted molar refractivity (Wildman–Crippen MR) is 93.8 cm³/mol. The zero-order valence-electron chi connectivity index (χ0n) is 14.6. The molecule has 0 saturated carbocycles. The van der Waals surface area contributed by atoms with Gasteiger partial charge in [0.1, 0.15) is 17.3 Å². The van der Waals surface area contributed by atoms with Gasteiger partial charge in [-0.15, -0.1) is 0 Å². The number of sulfone groups is 1. The number of primary amides is 1. The third-order valence-electron chi connectivity index (χ3n) is 3.66. The first-order valence-corrected chi connectivity index (χ1v) is 9.16. The van der Waals surface area contributed by atoms with E-state index < -0.39 is 37.5 Å². The Morgan fingerprint density at radius 1 is 1.24 bits per heavy atom. The van der Waals surface area contributed by atoms with Gasteiger partial charge in [-0.05, 0) is 37.3 Å². The molecule has 0 saturated heterocycles. The zero-order valence-corrected chi connectivity index (χ0v) is 15.4. The van der Waals surface area contributed by atoms with E-state index in [4.69, 9.17) is 15.7 Å². The lowest BCUT2D eigenvalue weighted by Gasteiger charge is -2.16. The molecule has 29 heavy (non-hydrogen) atoms. The molecule has 152 valence electrons. The number of rotatable bonds is 5. The quantitative estimate of drug-likeness (QED) is 0.578. The van der Waals surface area contributed by atoms with Crippen molar-refractivity contribution in [2.24, 2.45) is 5.73 Å². The molecular formula is C18H12F4N2O4S. The summed E-state index contributed by atoms with van der Waals surface area (Å²) in [6, 6.07) is 6.37. The summed E-state index contributed by atoms with van der Waals surface area (Å²) < 4.78 is 81.7. The first-order valence-electron chi connectivity index (χ1n) is 7.68. The molecule has 0 unspecified atom stereocenters. The van der Waals surface area contributed by atoms with E-state index in [9.17, 15) is 30.8 Å². The molecule has 0 aromatic heterocycles. The molecule has 2 aromatic rings. The second kappa shape index (κ2) is 7.92. The van der Waals surface area contributed by atoms with Gasteiger partial charge in [0.25, 0.3) is 9.84 Å². The summed E-state index contributed by atoms with van der Waals surface area (Å²) in [4.78, 5) is 9.88. The minimum atomic E-state index is -5.75. The molecule has 0 atom stereocenters. The van der Waals surface area contributed by atoms with Crippen LogP contribution in [0, 0.1) is 24.1 Å². The van der Waals surface area contributed by atoms with Crippen molar-refractivity contribution in [3.05, 3.63) is 58.9 Å². The molecule has 0 aliphatic heterocycles. The van der Waals surface area contributed by atoms with Crippen LogP contribution in [-0.4, -0.2) is 19.8 Å². The number of halogens is 4. The maximum atomic E-state index is 13.6. The van der Waals surface area contributed by atoms with Crippen LogP contribution in [0.5, 0.6) is 11.5 Å². The van der Waals surface area contributed by atoms with E-state index in [1.807, 2.05) is 0 Å². The summed E-state index contributed by atoms with van der Waals surface area (Å²) in [7, 11) is -5.75. The van der Waals surface area contributed by atoms with Gasteiger partial charge < -0.3 is 10.5 Å². The van der Waals surface area contributed by atoms with Crippen molar-refractivity contribution in [3.63, 3.8) is 0 Å². The van der Waals surface area contributed by atoms with E-state index in [0.29, 0.717) is 12.1 Å². The van der Waals surface area contributed by atoms with Crippen LogP contribution in [0.1, 0.15) is 16.7 Å². The van der Waals surface area contributed by atoms with E-state index in [1.165, 1.54) is 13.0 Å². The Morgan fingerprint density at radius 3 is 2.45 bits per heavy atom. The lowest BCUT2D eigenvalue weighted by molar-refractivity contribution is -0.113. The first-order chi connectivity index (χ1) is 13.4. The van der Waals surface area contributed by atoms with Gasteiger partial charge in [-0.3, -0.25) is 4.79 Å². The number of carbonyl (C=O) groups is 1. The Bertz CT molecular complexity index is 1150. The summed E-state index contributed by atoms with van der Waals surface area (Å²) in [6.45, 7) is 1.25. The molecule has 1 amide bonds. The third kappa shape index (κ3) is 4.72. The minimum absolute atomic E-state index is 0.0669. The van der Waals surface area contributed by atoms with Crippen LogP contribution >= 0.6 is 0 Å². The fourth-order valence-electron chi connectivity index (χ4n) is 2.34. The third-order valence-corrected chi connectivity index (χ3v) is 5.21.